The van der Waals surface area contributed by atoms with Gasteiger partial charge >= 0.3 is 5.97 Å². The Hall–Kier alpha value is -2.30. The molecule has 1 aromatic carbocycles. The molecule has 0 saturated carbocycles. The van der Waals surface area contributed by atoms with Crippen molar-refractivity contribution in [3.05, 3.63) is 29.8 Å². The van der Waals surface area contributed by atoms with Crippen molar-refractivity contribution in [3.63, 3.8) is 0 Å². The summed E-state index contributed by atoms with van der Waals surface area (Å²) in [5.74, 6) is 0.678. The Morgan fingerprint density at radius 3 is 2.24 bits per heavy atom. The van der Waals surface area contributed by atoms with Gasteiger partial charge < -0.3 is 14.2 Å². The van der Waals surface area contributed by atoms with Gasteiger partial charge in [0.15, 0.2) is 0 Å². The summed E-state index contributed by atoms with van der Waals surface area (Å²) in [4.78, 5) is 22.7. The number of Topliss-reactive ketones (excluding diaryl/α,β-unsaturated/α-hetero) is 1. The SMILES string of the molecule is CCOC(=O)CC(=O)C/C=C/c1cc(OC)cc(OC)c1. The van der Waals surface area contributed by atoms with Crippen LogP contribution < -0.4 is 9.47 Å². The number of carbonyl (C=O) groups excluding carboxylic acids is 2. The Morgan fingerprint density at radius 2 is 1.71 bits per heavy atom. The predicted octanol–water partition coefficient (Wildman–Crippen LogP) is 2.63. The number of hydrogen-bond donors (Lipinski definition) is 0. The van der Waals surface area contributed by atoms with Crippen LogP contribution in [0.2, 0.25) is 0 Å². The summed E-state index contributed by atoms with van der Waals surface area (Å²) in [5, 5.41) is 0. The van der Waals surface area contributed by atoms with Gasteiger partial charge in [0.2, 0.25) is 0 Å². The maximum atomic E-state index is 11.6. The van der Waals surface area contributed by atoms with Crippen LogP contribution in [-0.2, 0) is 14.3 Å². The average Bonchev–Trinajstić information content (AvgIpc) is 2.46. The molecule has 0 unspecified atom stereocenters. The minimum atomic E-state index is -0.487. The quantitative estimate of drug-likeness (QED) is 0.544. The van der Waals surface area contributed by atoms with Crippen LogP contribution in [0.1, 0.15) is 25.3 Å². The van der Waals surface area contributed by atoms with Gasteiger partial charge in [-0.2, -0.15) is 0 Å². The lowest BCUT2D eigenvalue weighted by molar-refractivity contribution is -0.145. The fourth-order valence-electron chi connectivity index (χ4n) is 1.70. The third kappa shape index (κ3) is 6.12. The first kappa shape index (κ1) is 16.8. The van der Waals surface area contributed by atoms with Gasteiger partial charge in [0.1, 0.15) is 23.7 Å². The largest absolute Gasteiger partial charge is 0.497 e. The molecular formula is C16H20O5. The van der Waals surface area contributed by atoms with Gasteiger partial charge in [-0.15, -0.1) is 0 Å². The van der Waals surface area contributed by atoms with Gasteiger partial charge in [0.05, 0.1) is 20.8 Å². The molecule has 0 amide bonds. The van der Waals surface area contributed by atoms with Crippen molar-refractivity contribution < 1.29 is 23.8 Å². The van der Waals surface area contributed by atoms with Crippen molar-refractivity contribution in [2.45, 2.75) is 19.8 Å². The average molecular weight is 292 g/mol. The summed E-state index contributed by atoms with van der Waals surface area (Å²) in [6.45, 7) is 1.99. The van der Waals surface area contributed by atoms with Crippen LogP contribution in [0.15, 0.2) is 24.3 Å². The van der Waals surface area contributed by atoms with E-state index >= 15 is 0 Å². The van der Waals surface area contributed by atoms with Crippen molar-refractivity contribution in [1.29, 1.82) is 0 Å². The molecule has 1 aromatic rings. The van der Waals surface area contributed by atoms with E-state index in [0.29, 0.717) is 11.5 Å². The van der Waals surface area contributed by atoms with Crippen LogP contribution >= 0.6 is 0 Å². The highest BCUT2D eigenvalue weighted by atomic mass is 16.5. The van der Waals surface area contributed by atoms with E-state index in [2.05, 4.69) is 0 Å². The summed E-state index contributed by atoms with van der Waals surface area (Å²) < 4.78 is 15.0. The normalized spacial score (nSPS) is 10.4. The van der Waals surface area contributed by atoms with Crippen LogP contribution in [-0.4, -0.2) is 32.6 Å². The first-order chi connectivity index (χ1) is 10.1. The lowest BCUT2D eigenvalue weighted by atomic mass is 10.1. The van der Waals surface area contributed by atoms with Crippen LogP contribution in [0.5, 0.6) is 11.5 Å². The second-order valence-corrected chi connectivity index (χ2v) is 4.27. The molecule has 21 heavy (non-hydrogen) atoms. The summed E-state index contributed by atoms with van der Waals surface area (Å²) in [6.07, 6.45) is 3.47. The number of esters is 1. The van der Waals surface area contributed by atoms with E-state index in [4.69, 9.17) is 14.2 Å². The summed E-state index contributed by atoms with van der Waals surface area (Å²) in [7, 11) is 3.15. The summed E-state index contributed by atoms with van der Waals surface area (Å²) in [5.41, 5.74) is 0.857. The summed E-state index contributed by atoms with van der Waals surface area (Å²) in [6, 6.07) is 5.42. The molecule has 5 nitrogen and oxygen atoms in total. The first-order valence-electron chi connectivity index (χ1n) is 6.66. The molecule has 0 aliphatic rings. The molecule has 0 aliphatic heterocycles. The molecule has 0 aromatic heterocycles. The third-order valence-electron chi connectivity index (χ3n) is 2.68. The Labute approximate surface area is 124 Å². The zero-order chi connectivity index (χ0) is 15.7. The van der Waals surface area contributed by atoms with E-state index in [1.165, 1.54) is 0 Å². The number of rotatable bonds is 8. The smallest absolute Gasteiger partial charge is 0.313 e. The summed E-state index contributed by atoms with van der Waals surface area (Å²) >= 11 is 0. The van der Waals surface area contributed by atoms with Crippen LogP contribution in [0.3, 0.4) is 0 Å². The lowest BCUT2D eigenvalue weighted by Crippen LogP contribution is -2.10. The molecule has 0 bridgehead atoms. The molecule has 1 rings (SSSR count). The predicted molar refractivity (Wildman–Crippen MR) is 79.5 cm³/mol. The fourth-order valence-corrected chi connectivity index (χ4v) is 1.70. The minimum absolute atomic E-state index is 0.179. The Morgan fingerprint density at radius 1 is 1.10 bits per heavy atom. The van der Waals surface area contributed by atoms with Crippen molar-refractivity contribution in [3.8, 4) is 11.5 Å². The highest BCUT2D eigenvalue weighted by molar-refractivity contribution is 5.96. The Bertz CT molecular complexity index is 497. The number of benzene rings is 1. The third-order valence-corrected chi connectivity index (χ3v) is 2.68. The van der Waals surface area contributed by atoms with Crippen LogP contribution in [0.4, 0.5) is 0 Å². The number of ketones is 1. The standard InChI is InChI=1S/C16H20O5/c1-4-21-16(18)10-13(17)7-5-6-12-8-14(19-2)11-15(9-12)20-3/h5-6,8-9,11H,4,7,10H2,1-3H3/b6-5+. The molecule has 114 valence electrons. The Kier molecular flexibility index (Phi) is 7.01. The molecule has 0 radical (unpaired) electrons. The molecule has 0 N–H and O–H groups in total. The topological polar surface area (TPSA) is 61.8 Å². The van der Waals surface area contributed by atoms with Crippen molar-refractivity contribution in [1.82, 2.24) is 0 Å². The molecule has 0 heterocycles. The lowest BCUT2D eigenvalue weighted by Gasteiger charge is -2.05. The van der Waals surface area contributed by atoms with Gasteiger partial charge in [0.25, 0.3) is 0 Å². The molecule has 0 aliphatic carbocycles. The van der Waals surface area contributed by atoms with E-state index < -0.39 is 5.97 Å². The van der Waals surface area contributed by atoms with E-state index in [1.807, 2.05) is 12.1 Å². The maximum absolute atomic E-state index is 11.6. The zero-order valence-corrected chi connectivity index (χ0v) is 12.5. The maximum Gasteiger partial charge on any atom is 0.313 e. The van der Waals surface area contributed by atoms with Gasteiger partial charge in [-0.05, 0) is 24.6 Å². The number of allylic oxidation sites excluding steroid dienone is 1. The van der Waals surface area contributed by atoms with Crippen molar-refractivity contribution in [2.24, 2.45) is 0 Å². The van der Waals surface area contributed by atoms with Gasteiger partial charge in [-0.1, -0.05) is 12.2 Å². The first-order valence-corrected chi connectivity index (χ1v) is 6.66. The van der Waals surface area contributed by atoms with Gasteiger partial charge in [-0.3, -0.25) is 9.59 Å². The monoisotopic (exact) mass is 292 g/mol. The molecule has 0 spiro atoms. The van der Waals surface area contributed by atoms with Gasteiger partial charge in [0, 0.05) is 12.5 Å². The highest BCUT2D eigenvalue weighted by Gasteiger charge is 2.08. The zero-order valence-electron chi connectivity index (χ0n) is 12.5. The molecule has 0 saturated heterocycles. The second kappa shape index (κ2) is 8.79. The fraction of sp³-hybridized carbons (Fsp3) is 0.375. The van der Waals surface area contributed by atoms with Crippen molar-refractivity contribution >= 4 is 17.8 Å². The minimum Gasteiger partial charge on any atom is -0.497 e. The van der Waals surface area contributed by atoms with E-state index in [9.17, 15) is 9.59 Å². The van der Waals surface area contributed by atoms with Crippen LogP contribution in [0, 0.1) is 0 Å². The van der Waals surface area contributed by atoms with E-state index in [-0.39, 0.29) is 25.2 Å². The van der Waals surface area contributed by atoms with Crippen LogP contribution in [0.25, 0.3) is 6.08 Å². The van der Waals surface area contributed by atoms with E-state index in [1.54, 1.807) is 39.4 Å². The van der Waals surface area contributed by atoms with Crippen molar-refractivity contribution in [2.75, 3.05) is 20.8 Å². The Balaban J connectivity index is 2.60. The molecule has 0 fully saturated rings. The number of ether oxygens (including phenoxy) is 3. The molecule has 0 atom stereocenters. The number of carbonyl (C=O) groups is 2. The van der Waals surface area contributed by atoms with Gasteiger partial charge in [-0.25, -0.2) is 0 Å². The number of methoxy groups -OCH3 is 2. The van der Waals surface area contributed by atoms with E-state index in [0.717, 1.165) is 5.56 Å². The molecular weight excluding hydrogens is 272 g/mol. The molecule has 5 heteroatoms. The highest BCUT2D eigenvalue weighted by Crippen LogP contribution is 2.23. The second-order valence-electron chi connectivity index (χ2n) is 4.27. The number of hydrogen-bond acceptors (Lipinski definition) is 5.